The van der Waals surface area contributed by atoms with Crippen LogP contribution in [0.25, 0.3) is 5.57 Å². The Hall–Kier alpha value is -2.97. The van der Waals surface area contributed by atoms with Crippen molar-refractivity contribution in [3.63, 3.8) is 0 Å². The maximum atomic E-state index is 12.6. The first-order valence-corrected chi connectivity index (χ1v) is 12.3. The standard InChI is InChI=1S/C27H36N2O6/c1-7-33-26(30)21-13-17(8-10-29-11-9-28-23(29)12-16(2)3)24-20(34-21)15-19-18(25(24)32-6)14-22(35-19)27(4,5)31/h8-9,11,13,15-16,22-23,28,31H,7,10,12,14H2,1-6H3/p+1/b17-8+/t22-,23?/m0/s1. The Morgan fingerprint density at radius 3 is 2.80 bits per heavy atom. The fraction of sp³-hybridized carbons (Fsp3) is 0.519. The van der Waals surface area contributed by atoms with E-state index < -0.39 is 17.7 Å². The number of ether oxygens (including phenoxy) is 4. The first kappa shape index (κ1) is 25.1. The normalized spacial score (nSPS) is 23.8. The van der Waals surface area contributed by atoms with Gasteiger partial charge in [0.15, 0.2) is 6.17 Å². The smallest absolute Gasteiger partial charge is 0.374 e. The van der Waals surface area contributed by atoms with Crippen molar-refractivity contribution in [1.29, 1.82) is 0 Å². The zero-order chi connectivity index (χ0) is 25.3. The molecule has 0 aliphatic carbocycles. The quantitative estimate of drug-likeness (QED) is 0.487. The van der Waals surface area contributed by atoms with Crippen LogP contribution in [0.2, 0.25) is 0 Å². The molecular weight excluding hydrogens is 448 g/mol. The van der Waals surface area contributed by atoms with Crippen molar-refractivity contribution in [2.75, 3.05) is 20.3 Å². The fourth-order valence-electron chi connectivity index (χ4n) is 4.75. The van der Waals surface area contributed by atoms with E-state index in [2.05, 4.69) is 31.4 Å². The highest BCUT2D eigenvalue weighted by molar-refractivity contribution is 5.95. The van der Waals surface area contributed by atoms with Crippen LogP contribution in [0, 0.1) is 5.92 Å². The summed E-state index contributed by atoms with van der Waals surface area (Å²) in [4.78, 5) is 13.9. The van der Waals surface area contributed by atoms with E-state index >= 15 is 0 Å². The number of carbonyl (C=O) groups excluding carboxylic acids is 1. The number of hydrogen-bond donors (Lipinski definition) is 3. The van der Waals surface area contributed by atoms with Crippen molar-refractivity contribution >= 4 is 11.5 Å². The van der Waals surface area contributed by atoms with Crippen LogP contribution in [0.5, 0.6) is 17.2 Å². The number of allylic oxidation sites excluding steroid dienone is 2. The van der Waals surface area contributed by atoms with Crippen LogP contribution in [0.15, 0.2) is 36.4 Å². The van der Waals surface area contributed by atoms with E-state index in [-0.39, 0.29) is 12.4 Å². The van der Waals surface area contributed by atoms with Crippen LogP contribution in [0.1, 0.15) is 52.2 Å². The number of methoxy groups -OCH3 is 1. The van der Waals surface area contributed by atoms with E-state index in [1.165, 1.54) is 4.90 Å². The zero-order valence-electron chi connectivity index (χ0n) is 21.4. The van der Waals surface area contributed by atoms with Gasteiger partial charge in [0.05, 0.1) is 31.1 Å². The van der Waals surface area contributed by atoms with Crippen LogP contribution in [-0.4, -0.2) is 49.2 Å². The van der Waals surface area contributed by atoms with E-state index in [0.29, 0.717) is 42.3 Å². The molecule has 0 spiro atoms. The largest absolute Gasteiger partial charge is 0.496 e. The molecule has 0 radical (unpaired) electrons. The molecule has 35 heavy (non-hydrogen) atoms. The molecule has 3 heterocycles. The molecule has 8 heteroatoms. The monoisotopic (exact) mass is 485 g/mol. The summed E-state index contributed by atoms with van der Waals surface area (Å²) in [6, 6.07) is 1.78. The molecule has 0 amide bonds. The van der Waals surface area contributed by atoms with Crippen molar-refractivity contribution < 1.29 is 33.7 Å². The minimum Gasteiger partial charge on any atom is -0.496 e. The molecule has 1 aromatic carbocycles. The molecule has 3 atom stereocenters. The minimum atomic E-state index is -1.03. The Labute approximate surface area is 207 Å². The summed E-state index contributed by atoms with van der Waals surface area (Å²) in [5, 5.41) is 14.0. The lowest BCUT2D eigenvalue weighted by Crippen LogP contribution is -3.11. The SMILES string of the molecule is CCOC(=O)C1=C/C(=C\C[NH+]2C=CNC2CC(C)C)c2c(cc3c(c2OC)C[C@@H](C(C)(C)O)O3)O1. The third-order valence-electron chi connectivity index (χ3n) is 6.54. The Kier molecular flexibility index (Phi) is 7.15. The number of aliphatic hydroxyl groups is 1. The van der Waals surface area contributed by atoms with E-state index in [4.69, 9.17) is 18.9 Å². The van der Waals surface area contributed by atoms with Gasteiger partial charge in [0, 0.05) is 24.5 Å². The summed E-state index contributed by atoms with van der Waals surface area (Å²) in [7, 11) is 1.62. The van der Waals surface area contributed by atoms with Crippen molar-refractivity contribution in [3.05, 3.63) is 47.5 Å². The van der Waals surface area contributed by atoms with Gasteiger partial charge in [-0.15, -0.1) is 0 Å². The molecule has 4 rings (SSSR count). The Morgan fingerprint density at radius 1 is 1.37 bits per heavy atom. The first-order valence-electron chi connectivity index (χ1n) is 12.3. The maximum Gasteiger partial charge on any atom is 0.374 e. The molecule has 0 saturated carbocycles. The van der Waals surface area contributed by atoms with Crippen LogP contribution < -0.4 is 24.4 Å². The zero-order valence-corrected chi connectivity index (χ0v) is 21.4. The summed E-state index contributed by atoms with van der Waals surface area (Å²) in [5.74, 6) is 1.86. The van der Waals surface area contributed by atoms with Crippen molar-refractivity contribution in [2.24, 2.45) is 5.92 Å². The van der Waals surface area contributed by atoms with Gasteiger partial charge in [-0.2, -0.15) is 0 Å². The van der Waals surface area contributed by atoms with Gasteiger partial charge in [0.25, 0.3) is 0 Å². The van der Waals surface area contributed by atoms with E-state index in [0.717, 1.165) is 23.1 Å². The molecule has 3 aliphatic rings. The van der Waals surface area contributed by atoms with Crippen molar-refractivity contribution in [1.82, 2.24) is 5.32 Å². The average molecular weight is 486 g/mol. The lowest BCUT2D eigenvalue weighted by Gasteiger charge is -2.24. The summed E-state index contributed by atoms with van der Waals surface area (Å²) >= 11 is 0. The molecule has 2 unspecified atom stereocenters. The summed E-state index contributed by atoms with van der Waals surface area (Å²) in [6.45, 7) is 10.6. The second-order valence-corrected chi connectivity index (χ2v) is 10.2. The molecular formula is C27H37N2O6+. The van der Waals surface area contributed by atoms with Crippen LogP contribution in [0.3, 0.4) is 0 Å². The molecule has 0 aromatic heterocycles. The van der Waals surface area contributed by atoms with Gasteiger partial charge in [-0.3, -0.25) is 4.90 Å². The Morgan fingerprint density at radius 2 is 2.14 bits per heavy atom. The summed E-state index contributed by atoms with van der Waals surface area (Å²) in [5.41, 5.74) is 1.46. The Balaban J connectivity index is 1.74. The van der Waals surface area contributed by atoms with E-state index in [1.807, 2.05) is 6.20 Å². The first-order chi connectivity index (χ1) is 16.6. The third-order valence-corrected chi connectivity index (χ3v) is 6.54. The van der Waals surface area contributed by atoms with Gasteiger partial charge in [-0.25, -0.2) is 4.79 Å². The van der Waals surface area contributed by atoms with Gasteiger partial charge in [0.1, 0.15) is 36.1 Å². The van der Waals surface area contributed by atoms with Crippen LogP contribution >= 0.6 is 0 Å². The van der Waals surface area contributed by atoms with Crippen LogP contribution in [-0.2, 0) is 16.0 Å². The number of quaternary nitrogens is 1. The highest BCUT2D eigenvalue weighted by atomic mass is 16.6. The maximum absolute atomic E-state index is 12.6. The lowest BCUT2D eigenvalue weighted by molar-refractivity contribution is -0.865. The Bertz CT molecular complexity index is 1070. The minimum absolute atomic E-state index is 0.119. The third kappa shape index (κ3) is 5.18. The van der Waals surface area contributed by atoms with Gasteiger partial charge in [-0.1, -0.05) is 13.8 Å². The molecule has 0 fully saturated rings. The molecule has 3 aliphatic heterocycles. The number of hydrogen-bond acceptors (Lipinski definition) is 7. The van der Waals surface area contributed by atoms with Crippen molar-refractivity contribution in [3.8, 4) is 17.2 Å². The summed E-state index contributed by atoms with van der Waals surface area (Å²) in [6.07, 6.45) is 9.40. The van der Waals surface area contributed by atoms with Gasteiger partial charge in [0.2, 0.25) is 5.76 Å². The molecule has 0 saturated heterocycles. The predicted molar refractivity (Wildman–Crippen MR) is 132 cm³/mol. The topological polar surface area (TPSA) is 90.7 Å². The molecule has 3 N–H and O–H groups in total. The molecule has 1 aromatic rings. The van der Waals surface area contributed by atoms with Gasteiger partial charge < -0.3 is 29.4 Å². The van der Waals surface area contributed by atoms with Crippen LogP contribution in [0.4, 0.5) is 0 Å². The van der Waals surface area contributed by atoms with Crippen molar-refractivity contribution in [2.45, 2.75) is 65.3 Å². The summed E-state index contributed by atoms with van der Waals surface area (Å²) < 4.78 is 23.2. The highest BCUT2D eigenvalue weighted by Gasteiger charge is 2.39. The van der Waals surface area contributed by atoms with Gasteiger partial charge >= 0.3 is 5.97 Å². The number of nitrogens with one attached hydrogen (secondary N) is 2. The fourth-order valence-corrected chi connectivity index (χ4v) is 4.75. The number of fused-ring (bicyclic) bond motifs is 2. The van der Waals surface area contributed by atoms with E-state index in [1.54, 1.807) is 40.0 Å². The second-order valence-electron chi connectivity index (χ2n) is 10.2. The van der Waals surface area contributed by atoms with E-state index in [9.17, 15) is 9.90 Å². The molecule has 0 bridgehead atoms. The van der Waals surface area contributed by atoms with Gasteiger partial charge in [-0.05, 0) is 44.4 Å². The number of rotatable bonds is 8. The second kappa shape index (κ2) is 9.95. The average Bonchev–Trinajstić information content (AvgIpc) is 3.41. The highest BCUT2D eigenvalue weighted by Crippen LogP contribution is 2.49. The number of carbonyl (C=O) groups is 1. The predicted octanol–water partition coefficient (Wildman–Crippen LogP) is 2.32. The molecule has 8 nitrogen and oxygen atoms in total. The number of benzene rings is 1. The lowest BCUT2D eigenvalue weighted by atomic mass is 9.92. The number of esters is 1. The molecule has 190 valence electrons.